The number of hydrazone groups is 1. The molecular weight excluding hydrogens is 681 g/mol. The van der Waals surface area contributed by atoms with Crippen molar-refractivity contribution >= 4 is 84.8 Å². The van der Waals surface area contributed by atoms with Gasteiger partial charge in [-0.15, -0.1) is 0 Å². The zero-order valence-electron chi connectivity index (χ0n) is 14.8. The van der Waals surface area contributed by atoms with Crippen molar-refractivity contribution in [1.82, 2.24) is 5.43 Å². The van der Waals surface area contributed by atoms with Crippen molar-refractivity contribution in [2.75, 3.05) is 0 Å². The van der Waals surface area contributed by atoms with E-state index in [1.54, 1.807) is 30.5 Å². The van der Waals surface area contributed by atoms with E-state index in [1.165, 1.54) is 0 Å². The average molecular weight is 696 g/mol. The Morgan fingerprint density at radius 1 is 1.10 bits per heavy atom. The number of carbonyl (C=O) groups is 1. The highest BCUT2D eigenvalue weighted by molar-refractivity contribution is 14.1. The van der Waals surface area contributed by atoms with Gasteiger partial charge in [0.15, 0.2) is 0 Å². The average Bonchev–Trinajstić information content (AvgIpc) is 2.69. The van der Waals surface area contributed by atoms with Gasteiger partial charge >= 0.3 is 0 Å². The van der Waals surface area contributed by atoms with Gasteiger partial charge in [-0.25, -0.2) is 5.43 Å². The summed E-state index contributed by atoms with van der Waals surface area (Å²) in [7, 11) is 0. The molecule has 0 unspecified atom stereocenters. The van der Waals surface area contributed by atoms with E-state index in [1.807, 2.05) is 36.4 Å². The van der Waals surface area contributed by atoms with Crippen molar-refractivity contribution in [3.8, 4) is 5.75 Å². The first-order chi connectivity index (χ1) is 13.9. The Hall–Kier alpha value is -1.17. The van der Waals surface area contributed by atoms with Gasteiger partial charge in [0.1, 0.15) is 12.4 Å². The number of rotatable bonds is 6. The fourth-order valence-corrected chi connectivity index (χ4v) is 5.01. The van der Waals surface area contributed by atoms with Crippen LogP contribution in [0.15, 0.2) is 70.2 Å². The molecule has 0 aliphatic heterocycles. The molecule has 0 atom stereocenters. The first kappa shape index (κ1) is 22.5. The Morgan fingerprint density at radius 3 is 2.41 bits per heavy atom. The maximum atomic E-state index is 12.1. The first-order valence-corrected chi connectivity index (χ1v) is 11.7. The molecular formula is C21H14BrClI2N2O2. The van der Waals surface area contributed by atoms with Gasteiger partial charge in [-0.2, -0.15) is 5.10 Å². The molecule has 0 saturated heterocycles. The maximum absolute atomic E-state index is 12.1. The summed E-state index contributed by atoms with van der Waals surface area (Å²) in [5, 5.41) is 4.42. The highest BCUT2D eigenvalue weighted by Gasteiger charge is 2.10. The second-order valence-corrected chi connectivity index (χ2v) is 9.56. The summed E-state index contributed by atoms with van der Waals surface area (Å²) in [6.45, 7) is 0.487. The minimum Gasteiger partial charge on any atom is -0.487 e. The Labute approximate surface area is 209 Å². The summed E-state index contributed by atoms with van der Waals surface area (Å²) in [5.74, 6) is 0.470. The van der Waals surface area contributed by atoms with E-state index < -0.39 is 0 Å². The summed E-state index contributed by atoms with van der Waals surface area (Å²) in [6, 6.07) is 18.8. The minimum absolute atomic E-state index is 0.356. The van der Waals surface area contributed by atoms with Gasteiger partial charge in [0, 0.05) is 4.47 Å². The van der Waals surface area contributed by atoms with Crippen LogP contribution in [0, 0.1) is 7.14 Å². The normalized spacial score (nSPS) is 10.9. The van der Waals surface area contributed by atoms with Gasteiger partial charge in [0.2, 0.25) is 0 Å². The van der Waals surface area contributed by atoms with Crippen LogP contribution in [-0.2, 0) is 6.61 Å². The van der Waals surface area contributed by atoms with Crippen molar-refractivity contribution in [2.24, 2.45) is 5.10 Å². The van der Waals surface area contributed by atoms with Crippen LogP contribution in [0.25, 0.3) is 0 Å². The number of benzene rings is 3. The van der Waals surface area contributed by atoms with E-state index >= 15 is 0 Å². The van der Waals surface area contributed by atoms with Gasteiger partial charge in [-0.1, -0.05) is 51.8 Å². The number of amides is 1. The van der Waals surface area contributed by atoms with Crippen LogP contribution >= 0.6 is 72.7 Å². The molecule has 148 valence electrons. The molecule has 3 aromatic carbocycles. The summed E-state index contributed by atoms with van der Waals surface area (Å²) in [5.41, 5.74) is 4.83. The van der Waals surface area contributed by atoms with Gasteiger partial charge in [-0.05, 0) is 92.7 Å². The Bertz CT molecular complexity index is 1040. The fraction of sp³-hybridized carbons (Fsp3) is 0.0476. The summed E-state index contributed by atoms with van der Waals surface area (Å²) >= 11 is 13.9. The molecule has 0 spiro atoms. The zero-order chi connectivity index (χ0) is 20.8. The summed E-state index contributed by atoms with van der Waals surface area (Å²) in [6.07, 6.45) is 1.59. The van der Waals surface area contributed by atoms with E-state index in [-0.39, 0.29) is 5.91 Å². The Morgan fingerprint density at radius 2 is 1.76 bits per heavy atom. The van der Waals surface area contributed by atoms with E-state index in [2.05, 4.69) is 71.6 Å². The molecule has 0 bridgehead atoms. The SMILES string of the molecule is O=C(N/N=C\c1cc(I)c(OCc2ccc(Br)cc2)c(I)c1)c1ccccc1Cl. The third-order valence-corrected chi connectivity index (χ3v) is 6.28. The molecule has 1 amide bonds. The molecule has 8 heteroatoms. The zero-order valence-corrected chi connectivity index (χ0v) is 21.5. The lowest BCUT2D eigenvalue weighted by molar-refractivity contribution is 0.0955. The van der Waals surface area contributed by atoms with Crippen molar-refractivity contribution in [1.29, 1.82) is 0 Å². The summed E-state index contributed by atoms with van der Waals surface area (Å²) < 4.78 is 8.97. The van der Waals surface area contributed by atoms with E-state index in [9.17, 15) is 4.79 Å². The molecule has 29 heavy (non-hydrogen) atoms. The van der Waals surface area contributed by atoms with E-state index in [0.717, 1.165) is 28.5 Å². The van der Waals surface area contributed by atoms with Crippen LogP contribution in [0.5, 0.6) is 5.75 Å². The largest absolute Gasteiger partial charge is 0.487 e. The lowest BCUT2D eigenvalue weighted by atomic mass is 10.2. The number of hydrogen-bond donors (Lipinski definition) is 1. The Kier molecular flexibility index (Phi) is 8.34. The highest BCUT2D eigenvalue weighted by atomic mass is 127. The predicted molar refractivity (Wildman–Crippen MR) is 137 cm³/mol. The minimum atomic E-state index is -0.356. The summed E-state index contributed by atoms with van der Waals surface area (Å²) in [4.78, 5) is 12.1. The fourth-order valence-electron chi connectivity index (χ4n) is 2.40. The van der Waals surface area contributed by atoms with Crippen LogP contribution in [0.1, 0.15) is 21.5 Å². The topological polar surface area (TPSA) is 50.7 Å². The molecule has 0 aliphatic carbocycles. The maximum Gasteiger partial charge on any atom is 0.272 e. The number of carbonyl (C=O) groups excluding carboxylic acids is 1. The molecule has 0 aromatic heterocycles. The first-order valence-electron chi connectivity index (χ1n) is 8.38. The van der Waals surface area contributed by atoms with Gasteiger partial charge in [0.25, 0.3) is 5.91 Å². The second kappa shape index (κ2) is 10.7. The smallest absolute Gasteiger partial charge is 0.272 e. The molecule has 0 heterocycles. The number of hydrogen-bond acceptors (Lipinski definition) is 3. The van der Waals surface area contributed by atoms with Crippen LogP contribution < -0.4 is 10.2 Å². The predicted octanol–water partition coefficient (Wildman–Crippen LogP) is 6.65. The molecule has 0 aliphatic rings. The van der Waals surface area contributed by atoms with E-state index in [0.29, 0.717) is 17.2 Å². The number of ether oxygens (including phenoxy) is 1. The molecule has 1 N–H and O–H groups in total. The standard InChI is InChI=1S/C21H14BrClI2N2O2/c22-15-7-5-13(6-8-15)12-29-20-18(24)9-14(10-19(20)25)11-26-27-21(28)16-3-1-2-4-17(16)23/h1-11H,12H2,(H,27,28)/b26-11-. The quantitative estimate of drug-likeness (QED) is 0.178. The van der Waals surface area contributed by atoms with Crippen molar-refractivity contribution in [2.45, 2.75) is 6.61 Å². The van der Waals surface area contributed by atoms with E-state index in [4.69, 9.17) is 16.3 Å². The molecule has 0 saturated carbocycles. The van der Waals surface area contributed by atoms with Gasteiger partial charge in [-0.3, -0.25) is 4.79 Å². The molecule has 0 radical (unpaired) electrons. The van der Waals surface area contributed by atoms with Crippen molar-refractivity contribution < 1.29 is 9.53 Å². The second-order valence-electron chi connectivity index (χ2n) is 5.91. The highest BCUT2D eigenvalue weighted by Crippen LogP contribution is 2.29. The third kappa shape index (κ3) is 6.40. The van der Waals surface area contributed by atoms with Crippen LogP contribution in [0.4, 0.5) is 0 Å². The number of halogens is 4. The molecule has 3 rings (SSSR count). The van der Waals surface area contributed by atoms with Gasteiger partial charge in [0.05, 0.1) is 23.9 Å². The monoisotopic (exact) mass is 694 g/mol. The van der Waals surface area contributed by atoms with Crippen LogP contribution in [0.3, 0.4) is 0 Å². The third-order valence-electron chi connectivity index (χ3n) is 3.82. The Balaban J connectivity index is 1.65. The van der Waals surface area contributed by atoms with Crippen molar-refractivity contribution in [3.63, 3.8) is 0 Å². The number of nitrogens with zero attached hydrogens (tertiary/aromatic N) is 1. The molecule has 3 aromatic rings. The van der Waals surface area contributed by atoms with Crippen LogP contribution in [-0.4, -0.2) is 12.1 Å². The lowest BCUT2D eigenvalue weighted by Crippen LogP contribution is -2.18. The molecule has 0 fully saturated rings. The van der Waals surface area contributed by atoms with Crippen LogP contribution in [0.2, 0.25) is 5.02 Å². The van der Waals surface area contributed by atoms with Crippen molar-refractivity contribution in [3.05, 3.63) is 94.0 Å². The number of nitrogens with one attached hydrogen (secondary N) is 1. The molecule has 4 nitrogen and oxygen atoms in total. The lowest BCUT2D eigenvalue weighted by Gasteiger charge is -2.11. The van der Waals surface area contributed by atoms with Gasteiger partial charge < -0.3 is 4.74 Å².